The lowest BCUT2D eigenvalue weighted by atomic mass is 10.1. The van der Waals surface area contributed by atoms with Crippen LogP contribution in [0.2, 0.25) is 0 Å². The Morgan fingerprint density at radius 2 is 1.37 bits per heavy atom. The summed E-state index contributed by atoms with van der Waals surface area (Å²) in [6.45, 7) is 4.75. The van der Waals surface area contributed by atoms with Crippen LogP contribution in [0.1, 0.15) is 26.3 Å². The van der Waals surface area contributed by atoms with Gasteiger partial charge < -0.3 is 24.4 Å². The molecule has 0 unspecified atom stereocenters. The number of anilines is 1. The molecule has 0 radical (unpaired) electrons. The number of sulfonamides is 1. The number of ether oxygens (including phenoxy) is 3. The van der Waals surface area contributed by atoms with E-state index in [1.807, 2.05) is 13.8 Å². The first kappa shape index (κ1) is 31.3. The van der Waals surface area contributed by atoms with E-state index in [-0.39, 0.29) is 34.8 Å². The van der Waals surface area contributed by atoms with Crippen molar-refractivity contribution in [2.24, 2.45) is 0 Å². The monoisotopic (exact) mass is 583 g/mol. The number of nitrogens with one attached hydrogen (secondary N) is 1. The van der Waals surface area contributed by atoms with Gasteiger partial charge >= 0.3 is 0 Å². The first-order chi connectivity index (χ1) is 19.5. The number of carbonyl (C=O) groups excluding carboxylic acids is 2. The minimum atomic E-state index is -4.25. The number of benzene rings is 3. The van der Waals surface area contributed by atoms with Gasteiger partial charge in [-0.15, -0.1) is 0 Å². The lowest BCUT2D eigenvalue weighted by Gasteiger charge is -2.32. The Morgan fingerprint density at radius 3 is 1.90 bits per heavy atom. The van der Waals surface area contributed by atoms with E-state index in [4.69, 9.17) is 14.2 Å². The van der Waals surface area contributed by atoms with E-state index in [1.165, 1.54) is 43.4 Å². The Morgan fingerprint density at radius 1 is 0.805 bits per heavy atom. The molecule has 0 aromatic heterocycles. The largest absolute Gasteiger partial charge is 0.497 e. The number of amides is 2. The van der Waals surface area contributed by atoms with Crippen molar-refractivity contribution < 1.29 is 32.2 Å². The minimum Gasteiger partial charge on any atom is -0.497 e. The smallest absolute Gasteiger partial charge is 0.264 e. The highest BCUT2D eigenvalue weighted by Gasteiger charge is 2.34. The lowest BCUT2D eigenvalue weighted by molar-refractivity contribution is -0.139. The van der Waals surface area contributed by atoms with Gasteiger partial charge in [0, 0.05) is 12.6 Å². The molecule has 11 heteroatoms. The van der Waals surface area contributed by atoms with Crippen LogP contribution < -0.4 is 23.8 Å². The molecule has 10 nitrogen and oxygen atoms in total. The van der Waals surface area contributed by atoms with E-state index in [1.54, 1.807) is 62.6 Å². The zero-order valence-corrected chi connectivity index (χ0v) is 25.0. The molecule has 41 heavy (non-hydrogen) atoms. The molecule has 0 heterocycles. The van der Waals surface area contributed by atoms with Gasteiger partial charge in [0.25, 0.3) is 10.0 Å². The average Bonchev–Trinajstić information content (AvgIpc) is 2.98. The molecule has 2 amide bonds. The molecule has 0 aliphatic heterocycles. The summed E-state index contributed by atoms with van der Waals surface area (Å²) in [5.41, 5.74) is 0.924. The molecule has 3 aromatic rings. The van der Waals surface area contributed by atoms with Crippen molar-refractivity contribution in [3.8, 4) is 17.2 Å². The summed E-state index contributed by atoms with van der Waals surface area (Å²) in [7, 11) is 0.208. The maximum absolute atomic E-state index is 14.0. The van der Waals surface area contributed by atoms with Crippen LogP contribution in [-0.4, -0.2) is 65.1 Å². The summed E-state index contributed by atoms with van der Waals surface area (Å²) >= 11 is 0. The zero-order chi connectivity index (χ0) is 30.2. The van der Waals surface area contributed by atoms with Crippen molar-refractivity contribution in [2.45, 2.75) is 44.3 Å². The molecule has 0 aliphatic carbocycles. The Labute approximate surface area is 241 Å². The molecular weight excluding hydrogens is 546 g/mol. The number of hydrogen-bond acceptors (Lipinski definition) is 7. The fraction of sp³-hybridized carbons (Fsp3) is 0.333. The van der Waals surface area contributed by atoms with E-state index >= 15 is 0 Å². The van der Waals surface area contributed by atoms with Gasteiger partial charge in [-0.2, -0.15) is 0 Å². The lowest BCUT2D eigenvalue weighted by Crippen LogP contribution is -2.52. The van der Waals surface area contributed by atoms with E-state index in [0.717, 1.165) is 9.87 Å². The van der Waals surface area contributed by atoms with Crippen LogP contribution in [0.25, 0.3) is 0 Å². The van der Waals surface area contributed by atoms with Gasteiger partial charge in [0.1, 0.15) is 29.8 Å². The van der Waals surface area contributed by atoms with Gasteiger partial charge in [-0.3, -0.25) is 13.9 Å². The van der Waals surface area contributed by atoms with E-state index in [9.17, 15) is 18.0 Å². The minimum absolute atomic E-state index is 0.0377. The topological polar surface area (TPSA) is 114 Å². The molecular formula is C30H37N3O7S. The molecule has 0 aliphatic rings. The summed E-state index contributed by atoms with van der Waals surface area (Å²) in [5, 5.41) is 2.84. The number of para-hydroxylation sites is 2. The normalized spacial score (nSPS) is 11.9. The number of nitrogens with zero attached hydrogens (tertiary/aromatic N) is 2. The van der Waals surface area contributed by atoms with Crippen LogP contribution in [0.5, 0.6) is 17.2 Å². The van der Waals surface area contributed by atoms with Gasteiger partial charge in [0.05, 0.1) is 31.9 Å². The van der Waals surface area contributed by atoms with Gasteiger partial charge in [-0.1, -0.05) is 24.3 Å². The molecule has 3 rings (SSSR count). The van der Waals surface area contributed by atoms with Crippen LogP contribution >= 0.6 is 0 Å². The molecule has 3 aromatic carbocycles. The Bertz CT molecular complexity index is 1430. The summed E-state index contributed by atoms with van der Waals surface area (Å²) in [6, 6.07) is 18.5. The standard InChI is InChI=1S/C30H37N3O7S/c1-21(2)31-30(35)22(3)32(19-23-11-13-24(38-4)14-12-23)29(34)20-33(27-9-7-8-10-28(27)40-6)41(36,37)26-17-15-25(39-5)16-18-26/h7-18,21-22H,19-20H2,1-6H3,(H,31,35)/t22-/m1/s1. The van der Waals surface area contributed by atoms with Crippen molar-refractivity contribution in [1.82, 2.24) is 10.2 Å². The van der Waals surface area contributed by atoms with Crippen LogP contribution in [-0.2, 0) is 26.2 Å². The predicted molar refractivity (Wildman–Crippen MR) is 157 cm³/mol. The third-order valence-corrected chi connectivity index (χ3v) is 8.16. The number of hydrogen-bond donors (Lipinski definition) is 1. The van der Waals surface area contributed by atoms with E-state index in [2.05, 4.69) is 5.32 Å². The fourth-order valence-corrected chi connectivity index (χ4v) is 5.56. The molecule has 0 bridgehead atoms. The SMILES string of the molecule is COc1ccc(CN(C(=O)CN(c2ccccc2OC)S(=O)(=O)c2ccc(OC)cc2)[C@H](C)C(=O)NC(C)C)cc1. The summed E-state index contributed by atoms with van der Waals surface area (Å²) in [6.07, 6.45) is 0. The molecule has 0 saturated carbocycles. The van der Waals surface area contributed by atoms with E-state index in [0.29, 0.717) is 11.5 Å². The Kier molecular flexibility index (Phi) is 10.6. The van der Waals surface area contributed by atoms with E-state index < -0.39 is 28.5 Å². The molecule has 0 saturated heterocycles. The quantitative estimate of drug-likeness (QED) is 0.325. The Hall–Kier alpha value is -4.25. The highest BCUT2D eigenvalue weighted by atomic mass is 32.2. The highest BCUT2D eigenvalue weighted by molar-refractivity contribution is 7.92. The highest BCUT2D eigenvalue weighted by Crippen LogP contribution is 2.33. The molecule has 0 spiro atoms. The van der Waals surface area contributed by atoms with Crippen LogP contribution in [0.3, 0.4) is 0 Å². The molecule has 1 atom stereocenters. The molecule has 1 N–H and O–H groups in total. The summed E-state index contributed by atoms with van der Waals surface area (Å²) in [5.74, 6) is 0.466. The van der Waals surface area contributed by atoms with Gasteiger partial charge in [0.15, 0.2) is 0 Å². The predicted octanol–water partition coefficient (Wildman–Crippen LogP) is 3.85. The third kappa shape index (κ3) is 7.69. The second kappa shape index (κ2) is 13.9. The maximum Gasteiger partial charge on any atom is 0.264 e. The van der Waals surface area contributed by atoms with Crippen LogP contribution in [0.4, 0.5) is 5.69 Å². The summed E-state index contributed by atoms with van der Waals surface area (Å²) < 4.78 is 44.9. The first-order valence-electron chi connectivity index (χ1n) is 13.0. The Balaban J connectivity index is 2.06. The van der Waals surface area contributed by atoms with Gasteiger partial charge in [-0.05, 0) is 74.9 Å². The fourth-order valence-electron chi connectivity index (χ4n) is 4.14. The number of carbonyl (C=O) groups is 2. The first-order valence-corrected chi connectivity index (χ1v) is 14.5. The van der Waals surface area contributed by atoms with Crippen molar-refractivity contribution >= 4 is 27.5 Å². The van der Waals surface area contributed by atoms with Crippen molar-refractivity contribution in [2.75, 3.05) is 32.2 Å². The maximum atomic E-state index is 14.0. The second-order valence-electron chi connectivity index (χ2n) is 9.57. The average molecular weight is 584 g/mol. The second-order valence-corrected chi connectivity index (χ2v) is 11.4. The number of methoxy groups -OCH3 is 3. The van der Waals surface area contributed by atoms with Crippen LogP contribution in [0, 0.1) is 0 Å². The number of rotatable bonds is 13. The molecule has 220 valence electrons. The van der Waals surface area contributed by atoms with Gasteiger partial charge in [-0.25, -0.2) is 8.42 Å². The summed E-state index contributed by atoms with van der Waals surface area (Å²) in [4.78, 5) is 28.4. The van der Waals surface area contributed by atoms with Crippen molar-refractivity contribution in [1.29, 1.82) is 0 Å². The molecule has 0 fully saturated rings. The van der Waals surface area contributed by atoms with Crippen LogP contribution in [0.15, 0.2) is 77.7 Å². The zero-order valence-electron chi connectivity index (χ0n) is 24.2. The van der Waals surface area contributed by atoms with Crippen molar-refractivity contribution in [3.63, 3.8) is 0 Å². The van der Waals surface area contributed by atoms with Gasteiger partial charge in [0.2, 0.25) is 11.8 Å². The van der Waals surface area contributed by atoms with Crippen molar-refractivity contribution in [3.05, 3.63) is 78.4 Å². The third-order valence-electron chi connectivity index (χ3n) is 6.39.